The highest BCUT2D eigenvalue weighted by Gasteiger charge is 2.31. The fraction of sp³-hybridized carbons (Fsp3) is 0.217. The van der Waals surface area contributed by atoms with Gasteiger partial charge >= 0.3 is 0 Å². The van der Waals surface area contributed by atoms with Crippen LogP contribution in [-0.2, 0) is 19.5 Å². The topological polar surface area (TPSA) is 63.9 Å². The molecular weight excluding hydrogens is 362 g/mol. The minimum atomic E-state index is 0.0353. The van der Waals surface area contributed by atoms with E-state index in [9.17, 15) is 4.79 Å². The third-order valence-electron chi connectivity index (χ3n) is 5.43. The smallest absolute Gasteiger partial charge is 0.256 e. The number of aromatic nitrogens is 4. The van der Waals surface area contributed by atoms with E-state index in [1.54, 1.807) is 6.20 Å². The predicted octanol–water partition coefficient (Wildman–Crippen LogP) is 3.71. The normalized spacial score (nSPS) is 13.3. The van der Waals surface area contributed by atoms with Crippen molar-refractivity contribution in [1.82, 2.24) is 24.6 Å². The molecule has 4 aromatic rings. The summed E-state index contributed by atoms with van der Waals surface area (Å²) in [6.45, 7) is 4.00. The van der Waals surface area contributed by atoms with E-state index < -0.39 is 0 Å². The molecule has 1 aliphatic rings. The van der Waals surface area contributed by atoms with Crippen LogP contribution in [0.25, 0.3) is 22.0 Å². The van der Waals surface area contributed by atoms with Crippen LogP contribution in [0, 0.1) is 0 Å². The van der Waals surface area contributed by atoms with Gasteiger partial charge in [0.2, 0.25) is 0 Å². The lowest BCUT2D eigenvalue weighted by molar-refractivity contribution is 0.0780. The third kappa shape index (κ3) is 3.16. The average Bonchev–Trinajstić information content (AvgIpc) is 3.37. The van der Waals surface area contributed by atoms with Gasteiger partial charge in [0.15, 0.2) is 0 Å². The molecule has 0 aliphatic carbocycles. The second kappa shape index (κ2) is 7.13. The van der Waals surface area contributed by atoms with Crippen molar-refractivity contribution in [1.29, 1.82) is 0 Å². The molecule has 0 radical (unpaired) electrons. The molecule has 0 saturated heterocycles. The molecule has 0 spiro atoms. The quantitative estimate of drug-likeness (QED) is 0.527. The number of fused-ring (bicyclic) bond motifs is 2. The maximum atomic E-state index is 13.1. The van der Waals surface area contributed by atoms with Crippen LogP contribution in [0.15, 0.2) is 61.1 Å². The van der Waals surface area contributed by atoms with Crippen molar-refractivity contribution in [2.75, 3.05) is 6.54 Å². The van der Waals surface area contributed by atoms with Crippen molar-refractivity contribution < 1.29 is 4.79 Å². The fourth-order valence-corrected chi connectivity index (χ4v) is 3.87. The molecule has 29 heavy (non-hydrogen) atoms. The number of nitrogens with zero attached hydrogens (tertiary/aromatic N) is 5. The highest BCUT2D eigenvalue weighted by atomic mass is 16.2. The number of hydrogen-bond donors (Lipinski definition) is 0. The van der Waals surface area contributed by atoms with Crippen LogP contribution in [0.2, 0.25) is 0 Å². The Morgan fingerprint density at radius 1 is 1.10 bits per heavy atom. The Balaban J connectivity index is 1.37. The number of pyridine rings is 2. The third-order valence-corrected chi connectivity index (χ3v) is 5.43. The molecule has 1 aliphatic heterocycles. The molecule has 6 nitrogen and oxygen atoms in total. The van der Waals surface area contributed by atoms with Gasteiger partial charge < -0.3 is 4.90 Å². The number of aryl methyl sites for hydroxylation is 1. The summed E-state index contributed by atoms with van der Waals surface area (Å²) in [5, 5.41) is 5.47. The zero-order valence-corrected chi connectivity index (χ0v) is 16.2. The minimum absolute atomic E-state index is 0.0353. The molecule has 1 amide bonds. The van der Waals surface area contributed by atoms with Crippen molar-refractivity contribution in [2.45, 2.75) is 26.4 Å². The molecule has 0 atom stereocenters. The molecule has 0 N–H and O–H groups in total. The van der Waals surface area contributed by atoms with E-state index in [0.717, 1.165) is 40.0 Å². The summed E-state index contributed by atoms with van der Waals surface area (Å²) in [6.07, 6.45) is 6.28. The van der Waals surface area contributed by atoms with E-state index >= 15 is 0 Å². The van der Waals surface area contributed by atoms with Crippen LogP contribution in [0.4, 0.5) is 0 Å². The summed E-state index contributed by atoms with van der Waals surface area (Å²) in [4.78, 5) is 24.2. The first-order valence-corrected chi connectivity index (χ1v) is 9.87. The van der Waals surface area contributed by atoms with E-state index in [0.29, 0.717) is 25.1 Å². The summed E-state index contributed by atoms with van der Waals surface area (Å²) in [7, 11) is 0. The molecule has 0 saturated carbocycles. The molecule has 4 heterocycles. The number of amides is 1. The van der Waals surface area contributed by atoms with Gasteiger partial charge in [-0.1, -0.05) is 24.3 Å². The zero-order valence-electron chi connectivity index (χ0n) is 16.2. The molecule has 3 aromatic heterocycles. The second-order valence-electron chi connectivity index (χ2n) is 7.24. The van der Waals surface area contributed by atoms with Crippen LogP contribution in [0.1, 0.15) is 28.7 Å². The summed E-state index contributed by atoms with van der Waals surface area (Å²) >= 11 is 0. The zero-order chi connectivity index (χ0) is 19.8. The first-order chi connectivity index (χ1) is 14.2. The highest BCUT2D eigenvalue weighted by Crippen LogP contribution is 2.31. The Morgan fingerprint density at radius 2 is 2.00 bits per heavy atom. The summed E-state index contributed by atoms with van der Waals surface area (Å²) in [6, 6.07) is 14.1. The van der Waals surface area contributed by atoms with E-state index in [2.05, 4.69) is 22.2 Å². The fourth-order valence-electron chi connectivity index (χ4n) is 3.87. The van der Waals surface area contributed by atoms with Crippen molar-refractivity contribution >= 4 is 16.8 Å². The lowest BCUT2D eigenvalue weighted by Crippen LogP contribution is -2.26. The summed E-state index contributed by atoms with van der Waals surface area (Å²) < 4.78 is 1.87. The van der Waals surface area contributed by atoms with Gasteiger partial charge in [-0.15, -0.1) is 0 Å². The highest BCUT2D eigenvalue weighted by molar-refractivity contribution is 6.03. The second-order valence-corrected chi connectivity index (χ2v) is 7.24. The lowest BCUT2D eigenvalue weighted by atomic mass is 10.0. The van der Waals surface area contributed by atoms with Crippen LogP contribution in [0.5, 0.6) is 0 Å². The molecule has 0 unspecified atom stereocenters. The maximum Gasteiger partial charge on any atom is 0.256 e. The van der Waals surface area contributed by atoms with Crippen LogP contribution in [0.3, 0.4) is 0 Å². The van der Waals surface area contributed by atoms with Crippen LogP contribution >= 0.6 is 0 Å². The Labute approximate surface area is 168 Å². The van der Waals surface area contributed by atoms with E-state index in [1.165, 1.54) is 0 Å². The van der Waals surface area contributed by atoms with Gasteiger partial charge in [0, 0.05) is 54.1 Å². The van der Waals surface area contributed by atoms with Crippen molar-refractivity contribution in [3.8, 4) is 11.1 Å². The number of benzene rings is 1. The average molecular weight is 383 g/mol. The first-order valence-electron chi connectivity index (χ1n) is 9.87. The summed E-state index contributed by atoms with van der Waals surface area (Å²) in [5.41, 5.74) is 5.38. The van der Waals surface area contributed by atoms with E-state index in [4.69, 9.17) is 4.98 Å². The van der Waals surface area contributed by atoms with Crippen LogP contribution in [-0.4, -0.2) is 37.1 Å². The van der Waals surface area contributed by atoms with Gasteiger partial charge in [0.05, 0.1) is 29.5 Å². The maximum absolute atomic E-state index is 13.1. The predicted molar refractivity (Wildman–Crippen MR) is 111 cm³/mol. The van der Waals surface area contributed by atoms with Gasteiger partial charge in [-0.2, -0.15) is 5.10 Å². The van der Waals surface area contributed by atoms with Crippen molar-refractivity contribution in [2.24, 2.45) is 0 Å². The lowest BCUT2D eigenvalue weighted by Gasteiger charge is -2.15. The molecular formula is C23H21N5O. The van der Waals surface area contributed by atoms with Gasteiger partial charge in [0.1, 0.15) is 0 Å². The molecule has 0 bridgehead atoms. The first kappa shape index (κ1) is 17.6. The number of hydrogen-bond acceptors (Lipinski definition) is 4. The van der Waals surface area contributed by atoms with Crippen LogP contribution < -0.4 is 0 Å². The van der Waals surface area contributed by atoms with E-state index in [-0.39, 0.29) is 5.91 Å². The number of carbonyl (C=O) groups is 1. The Hall–Kier alpha value is -3.54. The number of carbonyl (C=O) groups excluding carboxylic acids is 1. The number of rotatable bonds is 5. The SMILES string of the molecule is CCn1cc(-c2ccnc3c2C(=O)N(CCc2ccc4ccccc4n2)C3)cn1. The molecule has 5 rings (SSSR count). The number of para-hydroxylation sites is 1. The van der Waals surface area contributed by atoms with E-state index in [1.807, 2.05) is 59.2 Å². The molecule has 0 fully saturated rings. The Morgan fingerprint density at radius 3 is 2.86 bits per heavy atom. The largest absolute Gasteiger partial charge is 0.332 e. The van der Waals surface area contributed by atoms with Crippen molar-refractivity contribution in [3.05, 3.63) is 78.0 Å². The van der Waals surface area contributed by atoms with Gasteiger partial charge in [-0.05, 0) is 25.1 Å². The Bertz CT molecular complexity index is 1210. The monoisotopic (exact) mass is 383 g/mol. The summed E-state index contributed by atoms with van der Waals surface area (Å²) in [5.74, 6) is 0.0353. The minimum Gasteiger partial charge on any atom is -0.332 e. The van der Waals surface area contributed by atoms with Gasteiger partial charge in [-0.25, -0.2) is 0 Å². The van der Waals surface area contributed by atoms with Gasteiger partial charge in [0.25, 0.3) is 5.91 Å². The molecule has 1 aromatic carbocycles. The van der Waals surface area contributed by atoms with Gasteiger partial charge in [-0.3, -0.25) is 19.4 Å². The Kier molecular flexibility index (Phi) is 4.31. The van der Waals surface area contributed by atoms with Crippen molar-refractivity contribution in [3.63, 3.8) is 0 Å². The molecule has 144 valence electrons. The molecule has 6 heteroatoms. The standard InChI is InChI=1S/C23H21N5O/c1-2-28-14-17(13-25-28)19-9-11-24-21-15-27(23(29)22(19)21)12-10-18-8-7-16-5-3-4-6-20(16)26-18/h3-9,11,13-14H,2,10,12,15H2,1H3.